The average Bonchev–Trinajstić information content (AvgIpc) is 2.14. The van der Waals surface area contributed by atoms with Crippen molar-refractivity contribution in [2.45, 2.75) is 45.7 Å². The van der Waals surface area contributed by atoms with Gasteiger partial charge in [0.15, 0.2) is 0 Å². The molecule has 0 fully saturated rings. The van der Waals surface area contributed by atoms with Crippen molar-refractivity contribution in [3.8, 4) is 0 Å². The summed E-state index contributed by atoms with van der Waals surface area (Å²) in [6.07, 6.45) is 1.95. The van der Waals surface area contributed by atoms with Crippen LogP contribution in [0.15, 0.2) is 0 Å². The van der Waals surface area contributed by atoms with Crippen molar-refractivity contribution >= 4 is 11.9 Å². The van der Waals surface area contributed by atoms with E-state index in [1.54, 1.807) is 0 Å². The largest absolute Gasteiger partial charge is 0.480 e. The van der Waals surface area contributed by atoms with Crippen molar-refractivity contribution in [1.82, 2.24) is 10.6 Å². The Morgan fingerprint density at radius 2 is 1.93 bits per heavy atom. The fourth-order valence-corrected chi connectivity index (χ4v) is 1.16. The van der Waals surface area contributed by atoms with Crippen molar-refractivity contribution in [3.63, 3.8) is 0 Å². The van der Waals surface area contributed by atoms with Crippen LogP contribution in [0, 0.1) is 0 Å². The summed E-state index contributed by atoms with van der Waals surface area (Å²) >= 11 is 0. The van der Waals surface area contributed by atoms with Gasteiger partial charge in [-0.1, -0.05) is 13.3 Å². The molecular formula is C10H20N2O3. The molecule has 0 aromatic carbocycles. The van der Waals surface area contributed by atoms with Crippen LogP contribution in [0.3, 0.4) is 0 Å². The van der Waals surface area contributed by atoms with Gasteiger partial charge in [0, 0.05) is 6.04 Å². The quantitative estimate of drug-likeness (QED) is 0.574. The van der Waals surface area contributed by atoms with Crippen LogP contribution in [-0.4, -0.2) is 35.6 Å². The smallest absolute Gasteiger partial charge is 0.320 e. The third-order valence-corrected chi connectivity index (χ3v) is 2.07. The van der Waals surface area contributed by atoms with Gasteiger partial charge in [0.05, 0.1) is 6.54 Å². The van der Waals surface area contributed by atoms with Gasteiger partial charge >= 0.3 is 5.97 Å². The van der Waals surface area contributed by atoms with Crippen LogP contribution >= 0.6 is 0 Å². The van der Waals surface area contributed by atoms with Crippen LogP contribution in [0.4, 0.5) is 0 Å². The number of amides is 1. The van der Waals surface area contributed by atoms with E-state index in [0.29, 0.717) is 0 Å². The zero-order valence-electron chi connectivity index (χ0n) is 9.54. The molecule has 0 saturated heterocycles. The van der Waals surface area contributed by atoms with E-state index in [2.05, 4.69) is 10.6 Å². The van der Waals surface area contributed by atoms with Crippen LogP contribution in [-0.2, 0) is 9.59 Å². The van der Waals surface area contributed by atoms with Crippen molar-refractivity contribution in [1.29, 1.82) is 0 Å². The Kier molecular flexibility index (Phi) is 6.70. The summed E-state index contributed by atoms with van der Waals surface area (Å²) in [5, 5.41) is 14.0. The van der Waals surface area contributed by atoms with E-state index < -0.39 is 12.0 Å². The Hall–Kier alpha value is -1.10. The minimum atomic E-state index is -0.954. The molecule has 0 aromatic heterocycles. The highest BCUT2D eigenvalue weighted by atomic mass is 16.4. The van der Waals surface area contributed by atoms with Gasteiger partial charge in [0.2, 0.25) is 5.91 Å². The molecule has 0 aliphatic rings. The van der Waals surface area contributed by atoms with Gasteiger partial charge in [-0.05, 0) is 20.3 Å². The van der Waals surface area contributed by atoms with E-state index in [-0.39, 0.29) is 18.5 Å². The minimum Gasteiger partial charge on any atom is -0.480 e. The van der Waals surface area contributed by atoms with Crippen molar-refractivity contribution in [3.05, 3.63) is 0 Å². The second-order valence-electron chi connectivity index (χ2n) is 3.70. The molecule has 5 heteroatoms. The van der Waals surface area contributed by atoms with Gasteiger partial charge in [-0.3, -0.25) is 14.9 Å². The summed E-state index contributed by atoms with van der Waals surface area (Å²) in [6, 6.07) is -0.554. The van der Waals surface area contributed by atoms with E-state index in [1.807, 2.05) is 13.8 Å². The Morgan fingerprint density at radius 1 is 1.33 bits per heavy atom. The Morgan fingerprint density at radius 3 is 2.40 bits per heavy atom. The Balaban J connectivity index is 3.70. The normalized spacial score (nSPS) is 14.3. The number of rotatable bonds is 7. The lowest BCUT2D eigenvalue weighted by Gasteiger charge is -2.14. The molecular weight excluding hydrogens is 196 g/mol. The maximum absolute atomic E-state index is 11.3. The van der Waals surface area contributed by atoms with Crippen molar-refractivity contribution in [2.75, 3.05) is 6.54 Å². The number of carboxylic acid groups (broad SMARTS) is 1. The zero-order valence-corrected chi connectivity index (χ0v) is 9.54. The average molecular weight is 216 g/mol. The van der Waals surface area contributed by atoms with Gasteiger partial charge in [-0.2, -0.15) is 0 Å². The SMILES string of the molecule is CCCC(C)NC(=O)CN[C@@H](C)C(=O)O. The first kappa shape index (κ1) is 13.9. The van der Waals surface area contributed by atoms with Crippen LogP contribution < -0.4 is 10.6 Å². The summed E-state index contributed by atoms with van der Waals surface area (Å²) in [4.78, 5) is 21.7. The fourth-order valence-electron chi connectivity index (χ4n) is 1.16. The second kappa shape index (κ2) is 7.23. The van der Waals surface area contributed by atoms with E-state index in [9.17, 15) is 9.59 Å². The lowest BCUT2D eigenvalue weighted by Crippen LogP contribution is -2.43. The van der Waals surface area contributed by atoms with Crippen molar-refractivity contribution < 1.29 is 14.7 Å². The maximum Gasteiger partial charge on any atom is 0.320 e. The molecule has 0 rings (SSSR count). The molecule has 5 nitrogen and oxygen atoms in total. The van der Waals surface area contributed by atoms with E-state index in [1.165, 1.54) is 6.92 Å². The molecule has 2 atom stereocenters. The van der Waals surface area contributed by atoms with E-state index in [0.717, 1.165) is 12.8 Å². The third kappa shape index (κ3) is 6.90. The van der Waals surface area contributed by atoms with E-state index >= 15 is 0 Å². The zero-order chi connectivity index (χ0) is 11.8. The van der Waals surface area contributed by atoms with Gasteiger partial charge in [0.25, 0.3) is 0 Å². The number of carbonyl (C=O) groups is 2. The predicted octanol–water partition coefficient (Wildman–Crippen LogP) is 0.354. The molecule has 3 N–H and O–H groups in total. The summed E-state index contributed by atoms with van der Waals surface area (Å²) in [7, 11) is 0. The number of carboxylic acids is 1. The van der Waals surface area contributed by atoms with Gasteiger partial charge < -0.3 is 10.4 Å². The number of nitrogens with one attached hydrogen (secondary N) is 2. The van der Waals surface area contributed by atoms with Crippen LogP contribution in [0.25, 0.3) is 0 Å². The monoisotopic (exact) mass is 216 g/mol. The third-order valence-electron chi connectivity index (χ3n) is 2.07. The summed E-state index contributed by atoms with van der Waals surface area (Å²) in [5.74, 6) is -1.12. The molecule has 0 radical (unpaired) electrons. The number of hydrogen-bond acceptors (Lipinski definition) is 3. The van der Waals surface area contributed by atoms with Crippen LogP contribution in [0.5, 0.6) is 0 Å². The molecule has 0 aliphatic carbocycles. The molecule has 0 spiro atoms. The summed E-state index contributed by atoms with van der Waals surface area (Å²) in [6.45, 7) is 5.53. The number of aliphatic carboxylic acids is 1. The number of carbonyl (C=O) groups excluding carboxylic acids is 1. The highest BCUT2D eigenvalue weighted by molar-refractivity contribution is 5.79. The molecule has 1 amide bonds. The fraction of sp³-hybridized carbons (Fsp3) is 0.800. The Bertz CT molecular complexity index is 219. The lowest BCUT2D eigenvalue weighted by atomic mass is 10.2. The highest BCUT2D eigenvalue weighted by Gasteiger charge is 2.12. The standard InChI is InChI=1S/C10H20N2O3/c1-4-5-7(2)12-9(13)6-11-8(3)10(14)15/h7-8,11H,4-6H2,1-3H3,(H,12,13)(H,14,15)/t7?,8-/m0/s1. The van der Waals surface area contributed by atoms with E-state index in [4.69, 9.17) is 5.11 Å². The van der Waals surface area contributed by atoms with Crippen LogP contribution in [0.2, 0.25) is 0 Å². The second-order valence-corrected chi connectivity index (χ2v) is 3.70. The van der Waals surface area contributed by atoms with Crippen molar-refractivity contribution in [2.24, 2.45) is 0 Å². The first-order valence-electron chi connectivity index (χ1n) is 5.23. The van der Waals surface area contributed by atoms with Gasteiger partial charge in [-0.25, -0.2) is 0 Å². The Labute approximate surface area is 90.2 Å². The van der Waals surface area contributed by atoms with Gasteiger partial charge in [-0.15, -0.1) is 0 Å². The molecule has 0 aliphatic heterocycles. The highest BCUT2D eigenvalue weighted by Crippen LogP contribution is 1.93. The van der Waals surface area contributed by atoms with Crippen LogP contribution in [0.1, 0.15) is 33.6 Å². The molecule has 88 valence electrons. The molecule has 0 bridgehead atoms. The molecule has 15 heavy (non-hydrogen) atoms. The summed E-state index contributed by atoms with van der Waals surface area (Å²) < 4.78 is 0. The minimum absolute atomic E-state index is 0.0432. The first-order chi connectivity index (χ1) is 6.97. The molecule has 0 saturated carbocycles. The molecule has 0 aromatic rings. The topological polar surface area (TPSA) is 78.4 Å². The number of hydrogen-bond donors (Lipinski definition) is 3. The maximum atomic E-state index is 11.3. The lowest BCUT2D eigenvalue weighted by molar-refractivity contribution is -0.139. The summed E-state index contributed by atoms with van der Waals surface area (Å²) in [5.41, 5.74) is 0. The molecule has 1 unspecified atom stereocenters. The molecule has 0 heterocycles. The predicted molar refractivity (Wildman–Crippen MR) is 57.6 cm³/mol. The first-order valence-corrected chi connectivity index (χ1v) is 5.23. The van der Waals surface area contributed by atoms with Gasteiger partial charge in [0.1, 0.15) is 6.04 Å².